The smallest absolute Gasteiger partial charge is 0.210 e. The monoisotopic (exact) mass is 507 g/mol. The summed E-state index contributed by atoms with van der Waals surface area (Å²) in [6.45, 7) is 14.2. The van der Waals surface area contributed by atoms with Crippen LogP contribution in [0.3, 0.4) is 0 Å². The van der Waals surface area contributed by atoms with E-state index in [1.165, 1.54) is 11.1 Å². The summed E-state index contributed by atoms with van der Waals surface area (Å²) >= 11 is 20.7. The van der Waals surface area contributed by atoms with Gasteiger partial charge in [-0.1, -0.05) is 99.6 Å². The molecular formula is C28H36Cl3NO. The third-order valence-electron chi connectivity index (χ3n) is 7.81. The Labute approximate surface area is 214 Å². The van der Waals surface area contributed by atoms with Gasteiger partial charge < -0.3 is 4.90 Å². The van der Waals surface area contributed by atoms with E-state index in [4.69, 9.17) is 34.8 Å². The number of hydrogen-bond acceptors (Lipinski definition) is 1. The van der Waals surface area contributed by atoms with Gasteiger partial charge in [0.15, 0.2) is 0 Å². The maximum Gasteiger partial charge on any atom is 0.210 e. The Kier molecular flexibility index (Phi) is 8.46. The molecule has 180 valence electrons. The lowest BCUT2D eigenvalue weighted by molar-refractivity contribution is -0.120. The standard InChI is InChI=1S/C28H36Cl3NO/c1-17(2)23-25(29)20(5)24(27(31)26(23)30)28(6)13-9-11-19(4)22(28)15-32(16-33)14-21-12-8-7-10-18(21)3/h7-8,10,12,16-17,19,22H,9,11,13-15H2,1-6H3. The molecule has 1 amide bonds. The van der Waals surface area contributed by atoms with E-state index in [2.05, 4.69) is 53.7 Å². The van der Waals surface area contributed by atoms with Gasteiger partial charge in [0.05, 0.1) is 10.0 Å². The lowest BCUT2D eigenvalue weighted by Crippen LogP contribution is -2.46. The number of carbonyl (C=O) groups excluding carboxylic acids is 1. The third-order valence-corrected chi connectivity index (χ3v) is 9.17. The molecule has 0 bridgehead atoms. The SMILES string of the molecule is Cc1ccccc1CN(C=O)CC1C(C)CCCC1(C)c1c(C)c(Cl)c(C(C)C)c(Cl)c1Cl. The molecule has 0 spiro atoms. The molecular weight excluding hydrogens is 473 g/mol. The maximum absolute atomic E-state index is 12.2. The van der Waals surface area contributed by atoms with Gasteiger partial charge in [0.2, 0.25) is 6.41 Å². The summed E-state index contributed by atoms with van der Waals surface area (Å²) in [7, 11) is 0. The summed E-state index contributed by atoms with van der Waals surface area (Å²) in [5.74, 6) is 0.873. The highest BCUT2D eigenvalue weighted by atomic mass is 35.5. The van der Waals surface area contributed by atoms with Crippen LogP contribution in [0.25, 0.3) is 0 Å². The Morgan fingerprint density at radius 2 is 1.79 bits per heavy atom. The van der Waals surface area contributed by atoms with Gasteiger partial charge in [-0.3, -0.25) is 4.79 Å². The minimum Gasteiger partial charge on any atom is -0.341 e. The maximum atomic E-state index is 12.2. The van der Waals surface area contributed by atoms with Crippen molar-refractivity contribution in [2.24, 2.45) is 11.8 Å². The molecule has 33 heavy (non-hydrogen) atoms. The van der Waals surface area contributed by atoms with Crippen molar-refractivity contribution in [2.45, 2.75) is 78.7 Å². The highest BCUT2D eigenvalue weighted by Crippen LogP contribution is 2.53. The minimum absolute atomic E-state index is 0.184. The molecule has 2 nitrogen and oxygen atoms in total. The molecule has 0 heterocycles. The fraction of sp³-hybridized carbons (Fsp3) is 0.536. The van der Waals surface area contributed by atoms with Gasteiger partial charge in [0, 0.05) is 18.1 Å². The zero-order chi connectivity index (χ0) is 24.5. The molecule has 2 aromatic carbocycles. The van der Waals surface area contributed by atoms with Gasteiger partial charge in [-0.25, -0.2) is 0 Å². The molecule has 1 aliphatic rings. The lowest BCUT2D eigenvalue weighted by Gasteiger charge is -2.48. The second-order valence-corrected chi connectivity index (χ2v) is 11.5. The molecule has 0 aliphatic heterocycles. The van der Waals surface area contributed by atoms with E-state index in [0.29, 0.717) is 29.1 Å². The van der Waals surface area contributed by atoms with E-state index in [1.807, 2.05) is 17.0 Å². The van der Waals surface area contributed by atoms with Crippen molar-refractivity contribution in [3.05, 3.63) is 67.2 Å². The predicted molar refractivity (Wildman–Crippen MR) is 142 cm³/mol. The third kappa shape index (κ3) is 5.09. The van der Waals surface area contributed by atoms with E-state index in [0.717, 1.165) is 47.4 Å². The zero-order valence-corrected chi connectivity index (χ0v) is 22.9. The second-order valence-electron chi connectivity index (χ2n) is 10.4. The van der Waals surface area contributed by atoms with Crippen molar-refractivity contribution < 1.29 is 4.79 Å². The molecule has 1 saturated carbocycles. The largest absolute Gasteiger partial charge is 0.341 e. The van der Waals surface area contributed by atoms with Crippen LogP contribution in [0.5, 0.6) is 0 Å². The van der Waals surface area contributed by atoms with Crippen molar-refractivity contribution >= 4 is 41.2 Å². The number of nitrogens with zero attached hydrogens (tertiary/aromatic N) is 1. The van der Waals surface area contributed by atoms with Gasteiger partial charge in [-0.05, 0) is 71.3 Å². The average Bonchev–Trinajstić information content (AvgIpc) is 2.75. The fourth-order valence-electron chi connectivity index (χ4n) is 5.89. The molecule has 2 aromatic rings. The first-order valence-electron chi connectivity index (χ1n) is 11.9. The van der Waals surface area contributed by atoms with Gasteiger partial charge in [0.25, 0.3) is 0 Å². The van der Waals surface area contributed by atoms with Crippen LogP contribution in [0.4, 0.5) is 0 Å². The molecule has 0 saturated heterocycles. The van der Waals surface area contributed by atoms with E-state index < -0.39 is 0 Å². The van der Waals surface area contributed by atoms with Crippen LogP contribution in [-0.2, 0) is 16.8 Å². The highest BCUT2D eigenvalue weighted by Gasteiger charge is 2.45. The highest BCUT2D eigenvalue weighted by molar-refractivity contribution is 6.45. The average molecular weight is 509 g/mol. The van der Waals surface area contributed by atoms with Crippen LogP contribution >= 0.6 is 34.8 Å². The lowest BCUT2D eigenvalue weighted by atomic mass is 9.59. The van der Waals surface area contributed by atoms with Crippen molar-refractivity contribution in [1.29, 1.82) is 0 Å². The first-order chi connectivity index (χ1) is 15.5. The molecule has 1 fully saturated rings. The number of rotatable bonds is 7. The molecule has 3 rings (SSSR count). The fourth-order valence-corrected chi connectivity index (χ4v) is 7.21. The first-order valence-corrected chi connectivity index (χ1v) is 13.1. The Morgan fingerprint density at radius 1 is 1.12 bits per heavy atom. The summed E-state index contributed by atoms with van der Waals surface area (Å²) in [6, 6.07) is 8.25. The van der Waals surface area contributed by atoms with Crippen molar-refractivity contribution in [2.75, 3.05) is 6.54 Å². The van der Waals surface area contributed by atoms with Gasteiger partial charge in [0.1, 0.15) is 0 Å². The van der Waals surface area contributed by atoms with Crippen LogP contribution in [0.1, 0.15) is 80.7 Å². The number of halogens is 3. The Morgan fingerprint density at radius 3 is 2.39 bits per heavy atom. The van der Waals surface area contributed by atoms with Crippen LogP contribution < -0.4 is 0 Å². The number of amides is 1. The van der Waals surface area contributed by atoms with Crippen LogP contribution in [-0.4, -0.2) is 17.9 Å². The minimum atomic E-state index is -0.228. The topological polar surface area (TPSA) is 20.3 Å². The van der Waals surface area contributed by atoms with Crippen molar-refractivity contribution in [3.8, 4) is 0 Å². The number of aryl methyl sites for hydroxylation is 1. The molecule has 5 heteroatoms. The predicted octanol–water partition coefficient (Wildman–Crippen LogP) is 8.74. The van der Waals surface area contributed by atoms with Crippen molar-refractivity contribution in [3.63, 3.8) is 0 Å². The van der Waals surface area contributed by atoms with Crippen molar-refractivity contribution in [1.82, 2.24) is 4.90 Å². The Bertz CT molecular complexity index is 989. The van der Waals surface area contributed by atoms with Gasteiger partial charge in [-0.2, -0.15) is 0 Å². The van der Waals surface area contributed by atoms with Crippen LogP contribution in [0, 0.1) is 25.7 Å². The number of benzene rings is 2. The Balaban J connectivity index is 2.05. The normalized spacial score (nSPS) is 23.1. The summed E-state index contributed by atoms with van der Waals surface area (Å²) in [5.41, 5.74) is 5.15. The number of hydrogen-bond donors (Lipinski definition) is 0. The molecule has 0 aromatic heterocycles. The summed E-state index contributed by atoms with van der Waals surface area (Å²) in [5, 5.41) is 1.92. The quantitative estimate of drug-likeness (QED) is 0.270. The molecule has 1 aliphatic carbocycles. The molecule has 3 unspecified atom stereocenters. The van der Waals surface area contributed by atoms with E-state index in [9.17, 15) is 4.79 Å². The zero-order valence-electron chi connectivity index (χ0n) is 20.6. The molecule has 3 atom stereocenters. The van der Waals surface area contributed by atoms with Crippen LogP contribution in [0.2, 0.25) is 15.1 Å². The molecule has 0 radical (unpaired) electrons. The van der Waals surface area contributed by atoms with Gasteiger partial charge in [-0.15, -0.1) is 0 Å². The van der Waals surface area contributed by atoms with Gasteiger partial charge >= 0.3 is 0 Å². The summed E-state index contributed by atoms with van der Waals surface area (Å²) in [4.78, 5) is 14.1. The second kappa shape index (κ2) is 10.6. The molecule has 0 N–H and O–H groups in total. The van der Waals surface area contributed by atoms with Crippen LogP contribution in [0.15, 0.2) is 24.3 Å². The summed E-state index contributed by atoms with van der Waals surface area (Å²) in [6.07, 6.45) is 4.24. The van der Waals surface area contributed by atoms with E-state index >= 15 is 0 Å². The first kappa shape index (κ1) is 26.4. The van der Waals surface area contributed by atoms with E-state index in [-0.39, 0.29) is 17.3 Å². The number of carbonyl (C=O) groups is 1. The summed E-state index contributed by atoms with van der Waals surface area (Å²) < 4.78 is 0. The Hall–Kier alpha value is -1.22. The van der Waals surface area contributed by atoms with E-state index in [1.54, 1.807) is 0 Å².